The van der Waals surface area contributed by atoms with Crippen molar-refractivity contribution in [3.8, 4) is 0 Å². The Morgan fingerprint density at radius 3 is 2.25 bits per heavy atom. The monoisotopic (exact) mass is 284 g/mol. The molecular weight excluding hydrogens is 248 g/mol. The maximum Gasteiger partial charge on any atom is 0.0547 e. The molecule has 1 fully saturated rings. The molecule has 0 aromatic rings. The second kappa shape index (κ2) is 10.6. The summed E-state index contributed by atoms with van der Waals surface area (Å²) in [7, 11) is 0. The molecule has 0 bridgehead atoms. The molecule has 20 heavy (non-hydrogen) atoms. The van der Waals surface area contributed by atoms with E-state index in [1.165, 1.54) is 58.2 Å². The van der Waals surface area contributed by atoms with E-state index in [9.17, 15) is 0 Å². The van der Waals surface area contributed by atoms with Crippen LogP contribution in [0.5, 0.6) is 0 Å². The Morgan fingerprint density at radius 2 is 1.75 bits per heavy atom. The SMILES string of the molecule is CCCCN(CCCC)CC1(CNCCC)CCOC1. The maximum absolute atomic E-state index is 5.73. The van der Waals surface area contributed by atoms with Crippen molar-refractivity contribution in [1.82, 2.24) is 10.2 Å². The number of unbranched alkanes of at least 4 members (excludes halogenated alkanes) is 2. The first-order chi connectivity index (χ1) is 9.76. The molecule has 0 saturated carbocycles. The third kappa shape index (κ3) is 6.55. The Labute approximate surface area is 126 Å². The lowest BCUT2D eigenvalue weighted by Gasteiger charge is -2.34. The van der Waals surface area contributed by atoms with Gasteiger partial charge in [-0.15, -0.1) is 0 Å². The zero-order valence-electron chi connectivity index (χ0n) is 14.0. The van der Waals surface area contributed by atoms with Crippen molar-refractivity contribution in [3.63, 3.8) is 0 Å². The van der Waals surface area contributed by atoms with Crippen molar-refractivity contribution >= 4 is 0 Å². The van der Waals surface area contributed by atoms with E-state index >= 15 is 0 Å². The fraction of sp³-hybridized carbons (Fsp3) is 1.00. The summed E-state index contributed by atoms with van der Waals surface area (Å²) >= 11 is 0. The van der Waals surface area contributed by atoms with E-state index in [0.29, 0.717) is 5.41 Å². The first-order valence-electron chi connectivity index (χ1n) is 8.77. The summed E-state index contributed by atoms with van der Waals surface area (Å²) in [6.45, 7) is 14.7. The fourth-order valence-electron chi connectivity index (χ4n) is 3.01. The van der Waals surface area contributed by atoms with E-state index < -0.39 is 0 Å². The number of nitrogens with one attached hydrogen (secondary N) is 1. The van der Waals surface area contributed by atoms with Crippen LogP contribution in [0.2, 0.25) is 0 Å². The molecule has 0 aromatic carbocycles. The van der Waals surface area contributed by atoms with Gasteiger partial charge in [0.15, 0.2) is 0 Å². The van der Waals surface area contributed by atoms with Crippen LogP contribution in [0.1, 0.15) is 59.3 Å². The molecule has 0 aliphatic carbocycles. The molecule has 1 aliphatic heterocycles. The minimum Gasteiger partial charge on any atom is -0.381 e. The topological polar surface area (TPSA) is 24.5 Å². The molecule has 1 N–H and O–H groups in total. The molecule has 1 unspecified atom stereocenters. The number of nitrogens with zero attached hydrogens (tertiary/aromatic N) is 1. The van der Waals surface area contributed by atoms with Crippen molar-refractivity contribution in [2.75, 3.05) is 45.9 Å². The highest BCUT2D eigenvalue weighted by molar-refractivity contribution is 4.88. The summed E-state index contributed by atoms with van der Waals surface area (Å²) in [5.74, 6) is 0. The standard InChI is InChI=1S/C17H36N2O/c1-4-7-11-19(12-8-5-2)15-17(9-13-20-16-17)14-18-10-6-3/h18H,4-16H2,1-3H3. The van der Waals surface area contributed by atoms with E-state index in [2.05, 4.69) is 31.0 Å². The Hall–Kier alpha value is -0.120. The molecule has 1 rings (SSSR count). The third-order valence-corrected chi connectivity index (χ3v) is 4.33. The second-order valence-corrected chi connectivity index (χ2v) is 6.46. The van der Waals surface area contributed by atoms with Crippen LogP contribution in [0.4, 0.5) is 0 Å². The van der Waals surface area contributed by atoms with Crippen LogP contribution in [-0.2, 0) is 4.74 Å². The van der Waals surface area contributed by atoms with Crippen LogP contribution >= 0.6 is 0 Å². The average molecular weight is 284 g/mol. The number of hydrogen-bond acceptors (Lipinski definition) is 3. The van der Waals surface area contributed by atoms with Gasteiger partial charge in [-0.1, -0.05) is 33.6 Å². The van der Waals surface area contributed by atoms with E-state index in [4.69, 9.17) is 4.74 Å². The van der Waals surface area contributed by atoms with Crippen molar-refractivity contribution in [2.24, 2.45) is 5.41 Å². The summed E-state index contributed by atoms with van der Waals surface area (Å²) in [6.07, 6.45) is 7.66. The summed E-state index contributed by atoms with van der Waals surface area (Å²) < 4.78 is 5.73. The molecule has 0 amide bonds. The van der Waals surface area contributed by atoms with E-state index in [1.54, 1.807) is 0 Å². The van der Waals surface area contributed by atoms with Crippen molar-refractivity contribution in [1.29, 1.82) is 0 Å². The first kappa shape index (κ1) is 17.9. The van der Waals surface area contributed by atoms with Gasteiger partial charge in [-0.2, -0.15) is 0 Å². The molecule has 0 radical (unpaired) electrons. The highest BCUT2D eigenvalue weighted by atomic mass is 16.5. The molecule has 1 saturated heterocycles. The molecule has 1 atom stereocenters. The summed E-state index contributed by atoms with van der Waals surface area (Å²) in [6, 6.07) is 0. The lowest BCUT2D eigenvalue weighted by Crippen LogP contribution is -2.45. The smallest absolute Gasteiger partial charge is 0.0547 e. The second-order valence-electron chi connectivity index (χ2n) is 6.46. The highest BCUT2D eigenvalue weighted by Gasteiger charge is 2.36. The molecule has 0 aromatic heterocycles. The minimum absolute atomic E-state index is 0.358. The van der Waals surface area contributed by atoms with Crippen LogP contribution in [0.3, 0.4) is 0 Å². The summed E-state index contributed by atoms with van der Waals surface area (Å²) in [5.41, 5.74) is 0.358. The van der Waals surface area contributed by atoms with Gasteiger partial charge >= 0.3 is 0 Å². The van der Waals surface area contributed by atoms with Gasteiger partial charge in [0.1, 0.15) is 0 Å². The Bertz CT molecular complexity index is 219. The van der Waals surface area contributed by atoms with Gasteiger partial charge in [-0.05, 0) is 45.3 Å². The number of rotatable bonds is 12. The molecule has 0 spiro atoms. The molecule has 1 heterocycles. The van der Waals surface area contributed by atoms with Crippen molar-refractivity contribution in [2.45, 2.75) is 59.3 Å². The number of ether oxygens (including phenoxy) is 1. The zero-order chi connectivity index (χ0) is 14.7. The third-order valence-electron chi connectivity index (χ3n) is 4.33. The average Bonchev–Trinajstić information content (AvgIpc) is 2.91. The zero-order valence-corrected chi connectivity index (χ0v) is 14.0. The van der Waals surface area contributed by atoms with Gasteiger partial charge in [0.25, 0.3) is 0 Å². The molecule has 3 nitrogen and oxygen atoms in total. The summed E-state index contributed by atoms with van der Waals surface area (Å²) in [4.78, 5) is 2.69. The van der Waals surface area contributed by atoms with E-state index in [0.717, 1.165) is 26.3 Å². The summed E-state index contributed by atoms with van der Waals surface area (Å²) in [5, 5.41) is 3.63. The van der Waals surface area contributed by atoms with Gasteiger partial charge in [0, 0.05) is 25.1 Å². The fourth-order valence-corrected chi connectivity index (χ4v) is 3.01. The lowest BCUT2D eigenvalue weighted by molar-refractivity contribution is 0.106. The minimum atomic E-state index is 0.358. The molecule has 120 valence electrons. The van der Waals surface area contributed by atoms with Crippen LogP contribution in [0.15, 0.2) is 0 Å². The van der Waals surface area contributed by atoms with E-state index in [-0.39, 0.29) is 0 Å². The van der Waals surface area contributed by atoms with Crippen LogP contribution in [-0.4, -0.2) is 50.8 Å². The predicted molar refractivity (Wildman–Crippen MR) is 87.3 cm³/mol. The highest BCUT2D eigenvalue weighted by Crippen LogP contribution is 2.29. The predicted octanol–water partition coefficient (Wildman–Crippen LogP) is 3.29. The largest absolute Gasteiger partial charge is 0.381 e. The Balaban J connectivity index is 2.49. The number of hydrogen-bond donors (Lipinski definition) is 1. The Morgan fingerprint density at radius 1 is 1.05 bits per heavy atom. The quantitative estimate of drug-likeness (QED) is 0.557. The van der Waals surface area contributed by atoms with Gasteiger partial charge in [0.2, 0.25) is 0 Å². The maximum atomic E-state index is 5.73. The van der Waals surface area contributed by atoms with Crippen LogP contribution < -0.4 is 5.32 Å². The Kier molecular flexibility index (Phi) is 9.49. The van der Waals surface area contributed by atoms with Crippen LogP contribution in [0.25, 0.3) is 0 Å². The van der Waals surface area contributed by atoms with Gasteiger partial charge < -0.3 is 15.0 Å². The first-order valence-corrected chi connectivity index (χ1v) is 8.77. The van der Waals surface area contributed by atoms with Crippen molar-refractivity contribution < 1.29 is 4.74 Å². The van der Waals surface area contributed by atoms with E-state index in [1.807, 2.05) is 0 Å². The van der Waals surface area contributed by atoms with Crippen molar-refractivity contribution in [3.05, 3.63) is 0 Å². The van der Waals surface area contributed by atoms with Gasteiger partial charge in [-0.3, -0.25) is 0 Å². The van der Waals surface area contributed by atoms with Crippen LogP contribution in [0, 0.1) is 5.41 Å². The molecule has 3 heteroatoms. The molecular formula is C17H36N2O. The van der Waals surface area contributed by atoms with Gasteiger partial charge in [0.05, 0.1) is 6.61 Å². The van der Waals surface area contributed by atoms with Gasteiger partial charge in [-0.25, -0.2) is 0 Å². The lowest BCUT2D eigenvalue weighted by atomic mass is 9.86. The normalized spacial score (nSPS) is 22.8. The molecule has 1 aliphatic rings.